The lowest BCUT2D eigenvalue weighted by Gasteiger charge is -2.37. The summed E-state index contributed by atoms with van der Waals surface area (Å²) in [5.74, 6) is -1.50. The van der Waals surface area contributed by atoms with Crippen molar-refractivity contribution in [2.24, 2.45) is 0 Å². The molecule has 0 unspecified atom stereocenters. The minimum absolute atomic E-state index is 0.198. The van der Waals surface area contributed by atoms with Crippen LogP contribution in [-0.2, 0) is 10.4 Å². The topological polar surface area (TPSA) is 118 Å². The number of nitrogens with zero attached hydrogens (tertiary/aromatic N) is 4. The Hall–Kier alpha value is -3.13. The van der Waals surface area contributed by atoms with Gasteiger partial charge in [-0.1, -0.05) is 0 Å². The number of rotatable bonds is 2. The van der Waals surface area contributed by atoms with Crippen LogP contribution in [0.4, 0.5) is 24.7 Å². The standard InChI is InChI=1S/C18H17F3N6O2/c19-18(20,21)17(29)6-13(28)24-16-14(17)15(25-26-16)11-1-3-27(4-2-11)12-5-10(7-22)8-23-9-12/h5,8-9,11,29H,1-4,6H2,(H2,24,25,26,28)/t17-/m0/s1. The van der Waals surface area contributed by atoms with Gasteiger partial charge in [0.15, 0.2) is 11.4 Å². The van der Waals surface area contributed by atoms with Crippen LogP contribution in [0.25, 0.3) is 0 Å². The summed E-state index contributed by atoms with van der Waals surface area (Å²) in [4.78, 5) is 17.7. The summed E-state index contributed by atoms with van der Waals surface area (Å²) in [6.45, 7) is 1.07. The number of pyridine rings is 1. The average molecular weight is 406 g/mol. The molecular weight excluding hydrogens is 389 g/mol. The van der Waals surface area contributed by atoms with Gasteiger partial charge in [-0.25, -0.2) is 0 Å². The lowest BCUT2D eigenvalue weighted by Crippen LogP contribution is -2.48. The predicted molar refractivity (Wildman–Crippen MR) is 94.9 cm³/mol. The predicted octanol–water partition coefficient (Wildman–Crippen LogP) is 2.15. The van der Waals surface area contributed by atoms with Gasteiger partial charge in [0.25, 0.3) is 0 Å². The number of anilines is 2. The molecule has 4 rings (SSSR count). The zero-order valence-electron chi connectivity index (χ0n) is 15.1. The SMILES string of the molecule is N#Cc1cncc(N2CCC(c3[nH]nc4c3[C@](O)(C(F)(F)F)CC(=O)N4)CC2)c1. The zero-order chi connectivity index (χ0) is 20.8. The minimum Gasteiger partial charge on any atom is -0.376 e. The summed E-state index contributed by atoms with van der Waals surface area (Å²) in [6.07, 6.45) is -2.00. The van der Waals surface area contributed by atoms with Gasteiger partial charge in [0.1, 0.15) is 6.07 Å². The third kappa shape index (κ3) is 3.19. The van der Waals surface area contributed by atoms with Crippen molar-refractivity contribution < 1.29 is 23.1 Å². The quantitative estimate of drug-likeness (QED) is 0.703. The Kier molecular flexibility index (Phi) is 4.46. The molecule has 0 radical (unpaired) electrons. The number of fused-ring (bicyclic) bond motifs is 1. The van der Waals surface area contributed by atoms with Crippen molar-refractivity contribution >= 4 is 17.4 Å². The van der Waals surface area contributed by atoms with Crippen LogP contribution in [0.3, 0.4) is 0 Å². The highest BCUT2D eigenvalue weighted by atomic mass is 19.4. The number of alkyl halides is 3. The van der Waals surface area contributed by atoms with E-state index in [1.807, 2.05) is 11.0 Å². The molecule has 1 saturated heterocycles. The molecule has 2 aromatic heterocycles. The molecule has 4 heterocycles. The molecule has 0 aliphatic carbocycles. The van der Waals surface area contributed by atoms with Crippen molar-refractivity contribution in [2.45, 2.75) is 37.0 Å². The number of nitriles is 1. The number of hydrogen-bond donors (Lipinski definition) is 3. The number of hydrogen-bond acceptors (Lipinski definition) is 6. The Labute approximate surface area is 163 Å². The maximum Gasteiger partial charge on any atom is 0.422 e. The summed E-state index contributed by atoms with van der Waals surface area (Å²) in [5, 5.41) is 28.2. The second-order valence-electron chi connectivity index (χ2n) is 7.25. The number of aliphatic hydroxyl groups is 1. The van der Waals surface area contributed by atoms with E-state index >= 15 is 0 Å². The van der Waals surface area contributed by atoms with E-state index in [2.05, 4.69) is 20.5 Å². The molecule has 29 heavy (non-hydrogen) atoms. The fourth-order valence-electron chi connectivity index (χ4n) is 3.99. The highest BCUT2D eigenvalue weighted by Crippen LogP contribution is 2.49. The van der Waals surface area contributed by atoms with Crippen molar-refractivity contribution in [3.8, 4) is 6.07 Å². The van der Waals surface area contributed by atoms with E-state index in [4.69, 9.17) is 5.26 Å². The molecule has 2 aliphatic rings. The normalized spacial score (nSPS) is 22.7. The summed E-state index contributed by atoms with van der Waals surface area (Å²) in [5.41, 5.74) is -2.26. The van der Waals surface area contributed by atoms with Crippen molar-refractivity contribution in [3.05, 3.63) is 35.3 Å². The number of H-pyrrole nitrogens is 1. The van der Waals surface area contributed by atoms with Crippen molar-refractivity contribution in [2.75, 3.05) is 23.3 Å². The fraction of sp³-hybridized carbons (Fsp3) is 0.444. The number of halogens is 3. The van der Waals surface area contributed by atoms with E-state index in [9.17, 15) is 23.1 Å². The van der Waals surface area contributed by atoms with Gasteiger partial charge in [-0.3, -0.25) is 14.9 Å². The van der Waals surface area contributed by atoms with Gasteiger partial charge in [-0.05, 0) is 18.9 Å². The number of nitrogens with one attached hydrogen (secondary N) is 2. The van der Waals surface area contributed by atoms with Gasteiger partial charge in [0.05, 0.1) is 29.4 Å². The molecule has 1 amide bonds. The first-order valence-electron chi connectivity index (χ1n) is 9.00. The number of piperidine rings is 1. The Balaban J connectivity index is 1.59. The Morgan fingerprint density at radius 1 is 1.31 bits per heavy atom. The van der Waals surface area contributed by atoms with Gasteiger partial charge in [0, 0.05) is 30.9 Å². The van der Waals surface area contributed by atoms with Gasteiger partial charge in [-0.15, -0.1) is 0 Å². The molecule has 2 aliphatic heterocycles. The number of aromatic amines is 1. The van der Waals surface area contributed by atoms with Crippen LogP contribution in [0, 0.1) is 11.3 Å². The summed E-state index contributed by atoms with van der Waals surface area (Å²) in [7, 11) is 0. The smallest absolute Gasteiger partial charge is 0.376 e. The lowest BCUT2D eigenvalue weighted by molar-refractivity contribution is -0.267. The summed E-state index contributed by atoms with van der Waals surface area (Å²) >= 11 is 0. The second-order valence-corrected chi connectivity index (χ2v) is 7.25. The van der Waals surface area contributed by atoms with Crippen LogP contribution in [0.1, 0.15) is 42.0 Å². The molecule has 3 N–H and O–H groups in total. The molecule has 0 aromatic carbocycles. The Morgan fingerprint density at radius 2 is 2.03 bits per heavy atom. The maximum absolute atomic E-state index is 13.6. The number of aromatic nitrogens is 3. The highest BCUT2D eigenvalue weighted by molar-refractivity contribution is 5.94. The molecule has 0 saturated carbocycles. The zero-order valence-corrected chi connectivity index (χ0v) is 15.1. The van der Waals surface area contributed by atoms with E-state index in [0.717, 1.165) is 5.69 Å². The third-order valence-electron chi connectivity index (χ3n) is 5.47. The summed E-state index contributed by atoms with van der Waals surface area (Å²) in [6, 6.07) is 3.74. The van der Waals surface area contributed by atoms with Gasteiger partial charge < -0.3 is 15.3 Å². The van der Waals surface area contributed by atoms with Crippen molar-refractivity contribution in [3.63, 3.8) is 0 Å². The average Bonchev–Trinajstić information content (AvgIpc) is 3.11. The van der Waals surface area contributed by atoms with Crippen molar-refractivity contribution in [1.82, 2.24) is 15.2 Å². The van der Waals surface area contributed by atoms with E-state index in [1.165, 1.54) is 6.20 Å². The molecular formula is C18H17F3N6O2. The molecule has 152 valence electrons. The van der Waals surface area contributed by atoms with E-state index in [-0.39, 0.29) is 17.4 Å². The fourth-order valence-corrected chi connectivity index (χ4v) is 3.99. The van der Waals surface area contributed by atoms with E-state index in [1.54, 1.807) is 12.3 Å². The van der Waals surface area contributed by atoms with Crippen LogP contribution >= 0.6 is 0 Å². The first-order chi connectivity index (χ1) is 13.7. The Bertz CT molecular complexity index is 990. The monoisotopic (exact) mass is 406 g/mol. The van der Waals surface area contributed by atoms with E-state index < -0.39 is 29.7 Å². The van der Waals surface area contributed by atoms with Crippen LogP contribution in [0.5, 0.6) is 0 Å². The number of carbonyl (C=O) groups is 1. The Morgan fingerprint density at radius 3 is 2.69 bits per heavy atom. The molecule has 2 aromatic rings. The van der Waals surface area contributed by atoms with E-state index in [0.29, 0.717) is 31.5 Å². The maximum atomic E-state index is 13.6. The summed E-state index contributed by atoms with van der Waals surface area (Å²) < 4.78 is 40.9. The molecule has 0 spiro atoms. The van der Waals surface area contributed by atoms with Crippen LogP contribution in [0.2, 0.25) is 0 Å². The molecule has 1 atom stereocenters. The van der Waals surface area contributed by atoms with Gasteiger partial charge in [0.2, 0.25) is 5.91 Å². The third-order valence-corrected chi connectivity index (χ3v) is 5.47. The second kappa shape index (κ2) is 6.73. The van der Waals surface area contributed by atoms with Gasteiger partial charge in [-0.2, -0.15) is 23.5 Å². The molecule has 8 nitrogen and oxygen atoms in total. The lowest BCUT2D eigenvalue weighted by atomic mass is 9.81. The van der Waals surface area contributed by atoms with Crippen LogP contribution in [0.15, 0.2) is 18.5 Å². The molecule has 0 bridgehead atoms. The molecule has 1 fully saturated rings. The van der Waals surface area contributed by atoms with Crippen LogP contribution in [-0.4, -0.2) is 45.5 Å². The minimum atomic E-state index is -5.01. The molecule has 11 heteroatoms. The highest BCUT2D eigenvalue weighted by Gasteiger charge is 2.61. The first kappa shape index (κ1) is 19.2. The largest absolute Gasteiger partial charge is 0.422 e. The number of amides is 1. The number of carbonyl (C=O) groups excluding carboxylic acids is 1. The van der Waals surface area contributed by atoms with Crippen LogP contribution < -0.4 is 10.2 Å². The first-order valence-corrected chi connectivity index (χ1v) is 9.00. The van der Waals surface area contributed by atoms with Crippen molar-refractivity contribution in [1.29, 1.82) is 5.26 Å². The van der Waals surface area contributed by atoms with Gasteiger partial charge >= 0.3 is 6.18 Å².